The van der Waals surface area contributed by atoms with Gasteiger partial charge in [-0.1, -0.05) is 58.5 Å². The van der Waals surface area contributed by atoms with Gasteiger partial charge in [0, 0.05) is 10.6 Å². The number of thiocarbonyl (C=S) groups is 1. The van der Waals surface area contributed by atoms with Crippen LogP contribution in [0.25, 0.3) is 0 Å². The van der Waals surface area contributed by atoms with Gasteiger partial charge in [0.1, 0.15) is 11.9 Å². The summed E-state index contributed by atoms with van der Waals surface area (Å²) in [5.41, 5.74) is 0.966. The van der Waals surface area contributed by atoms with Crippen molar-refractivity contribution in [1.29, 1.82) is 0 Å². The maximum Gasteiger partial charge on any atom is 0.252 e. The van der Waals surface area contributed by atoms with Crippen LogP contribution in [0.3, 0.4) is 0 Å². The second-order valence-corrected chi connectivity index (χ2v) is 8.47. The molecule has 0 aliphatic rings. The lowest BCUT2D eigenvalue weighted by Gasteiger charge is -2.28. The van der Waals surface area contributed by atoms with E-state index < -0.39 is 15.9 Å². The first-order valence-corrected chi connectivity index (χ1v) is 9.46. The molecular formula is C17H15Cl4N3O2S. The molecule has 1 atom stereocenters. The highest BCUT2D eigenvalue weighted by atomic mass is 35.6. The highest BCUT2D eigenvalue weighted by Gasteiger charge is 2.35. The fourth-order valence-corrected chi connectivity index (χ4v) is 2.73. The maximum absolute atomic E-state index is 12.4. The van der Waals surface area contributed by atoms with E-state index in [-0.39, 0.29) is 5.11 Å². The molecule has 2 aromatic rings. The summed E-state index contributed by atoms with van der Waals surface area (Å²) in [7, 11) is 1.54. The zero-order valence-corrected chi connectivity index (χ0v) is 17.8. The van der Waals surface area contributed by atoms with E-state index in [9.17, 15) is 4.79 Å². The number of halogens is 4. The van der Waals surface area contributed by atoms with Crippen molar-refractivity contribution in [1.82, 2.24) is 10.6 Å². The lowest BCUT2D eigenvalue weighted by Crippen LogP contribution is -2.56. The Morgan fingerprint density at radius 2 is 1.70 bits per heavy atom. The Morgan fingerprint density at radius 1 is 1.07 bits per heavy atom. The summed E-state index contributed by atoms with van der Waals surface area (Å²) in [6, 6.07) is 13.4. The van der Waals surface area contributed by atoms with Gasteiger partial charge in [-0.15, -0.1) is 0 Å². The number of benzene rings is 2. The molecule has 10 heteroatoms. The van der Waals surface area contributed by atoms with Crippen molar-refractivity contribution >= 4 is 75.3 Å². The van der Waals surface area contributed by atoms with Crippen LogP contribution < -0.4 is 20.7 Å². The second-order valence-electron chi connectivity index (χ2n) is 5.25. The molecule has 1 amide bonds. The minimum atomic E-state index is -1.87. The first-order chi connectivity index (χ1) is 12.7. The predicted molar refractivity (Wildman–Crippen MR) is 115 cm³/mol. The molecule has 0 aliphatic heterocycles. The summed E-state index contributed by atoms with van der Waals surface area (Å²) in [4.78, 5) is 12.4. The number of amides is 1. The molecule has 0 saturated heterocycles. The Kier molecular flexibility index (Phi) is 7.82. The largest absolute Gasteiger partial charge is 0.495 e. The quantitative estimate of drug-likeness (QED) is 0.337. The van der Waals surface area contributed by atoms with Crippen molar-refractivity contribution in [2.45, 2.75) is 9.96 Å². The Labute approximate surface area is 182 Å². The smallest absolute Gasteiger partial charge is 0.252 e. The first kappa shape index (κ1) is 21.9. The second kappa shape index (κ2) is 9.66. The van der Waals surface area contributed by atoms with Crippen LogP contribution in [0.1, 0.15) is 10.4 Å². The molecule has 0 radical (unpaired) electrons. The number of alkyl halides is 3. The van der Waals surface area contributed by atoms with Crippen molar-refractivity contribution in [2.75, 3.05) is 12.4 Å². The number of methoxy groups -OCH3 is 1. The van der Waals surface area contributed by atoms with Gasteiger partial charge in [0.25, 0.3) is 5.91 Å². The highest BCUT2D eigenvalue weighted by Crippen LogP contribution is 2.30. The number of carbonyl (C=O) groups excluding carboxylic acids is 1. The fourth-order valence-electron chi connectivity index (χ4n) is 2.05. The Hall–Kier alpha value is -1.44. The van der Waals surface area contributed by atoms with Gasteiger partial charge < -0.3 is 20.7 Å². The molecule has 144 valence electrons. The van der Waals surface area contributed by atoms with E-state index in [0.717, 1.165) is 0 Å². The topological polar surface area (TPSA) is 62.4 Å². The van der Waals surface area contributed by atoms with Crippen molar-refractivity contribution in [2.24, 2.45) is 0 Å². The Bertz CT molecular complexity index is 813. The molecule has 1 unspecified atom stereocenters. The lowest BCUT2D eigenvalue weighted by molar-refractivity contribution is 0.0934. The minimum absolute atomic E-state index is 0.132. The van der Waals surface area contributed by atoms with Crippen LogP contribution in [0.15, 0.2) is 48.5 Å². The number of anilines is 1. The molecule has 0 aliphatic carbocycles. The maximum atomic E-state index is 12.4. The molecule has 5 nitrogen and oxygen atoms in total. The summed E-state index contributed by atoms with van der Waals surface area (Å²) < 4.78 is 3.38. The third kappa shape index (κ3) is 6.59. The third-order valence-corrected chi connectivity index (χ3v) is 4.47. The number of nitrogens with one attached hydrogen (secondary N) is 3. The van der Waals surface area contributed by atoms with Gasteiger partial charge in [-0.2, -0.15) is 0 Å². The zero-order chi connectivity index (χ0) is 20.0. The monoisotopic (exact) mass is 465 g/mol. The molecule has 0 bridgehead atoms. The van der Waals surface area contributed by atoms with E-state index in [1.54, 1.807) is 36.4 Å². The standard InChI is InChI=1S/C17H15Cl4N3O2S/c1-26-13-5-3-2-4-12(13)22-16(27)24-15(17(19,20)21)23-14(25)10-6-8-11(18)9-7-10/h2-9,15H,1H3,(H,23,25)(H2,22,24,27). The molecule has 0 fully saturated rings. The molecule has 0 heterocycles. The van der Waals surface area contributed by atoms with E-state index >= 15 is 0 Å². The van der Waals surface area contributed by atoms with Gasteiger partial charge in [0.2, 0.25) is 3.79 Å². The number of ether oxygens (including phenoxy) is 1. The van der Waals surface area contributed by atoms with E-state index in [4.69, 9.17) is 63.4 Å². The molecule has 0 spiro atoms. The third-order valence-electron chi connectivity index (χ3n) is 3.34. The summed E-state index contributed by atoms with van der Waals surface area (Å²) in [6.45, 7) is 0. The van der Waals surface area contributed by atoms with Gasteiger partial charge in [-0.05, 0) is 48.6 Å². The van der Waals surface area contributed by atoms with Gasteiger partial charge >= 0.3 is 0 Å². The number of rotatable bonds is 5. The van der Waals surface area contributed by atoms with Crippen LogP contribution in [0.5, 0.6) is 5.75 Å². The predicted octanol–water partition coefficient (Wildman–Crippen LogP) is 4.76. The molecular weight excluding hydrogens is 452 g/mol. The number of hydrogen-bond donors (Lipinski definition) is 3. The average molecular weight is 467 g/mol. The van der Waals surface area contributed by atoms with Crippen molar-refractivity contribution in [3.8, 4) is 5.75 Å². The number of hydrogen-bond acceptors (Lipinski definition) is 3. The lowest BCUT2D eigenvalue weighted by atomic mass is 10.2. The van der Waals surface area contributed by atoms with Gasteiger partial charge in [-0.25, -0.2) is 0 Å². The van der Waals surface area contributed by atoms with Gasteiger partial charge in [-0.3, -0.25) is 4.79 Å². The van der Waals surface area contributed by atoms with Crippen LogP contribution >= 0.6 is 58.6 Å². The van der Waals surface area contributed by atoms with Gasteiger partial charge in [0.05, 0.1) is 12.8 Å². The summed E-state index contributed by atoms with van der Waals surface area (Å²) in [6.07, 6.45) is -1.10. The molecule has 27 heavy (non-hydrogen) atoms. The summed E-state index contributed by atoms with van der Waals surface area (Å²) in [5, 5.41) is 8.94. The van der Waals surface area contributed by atoms with Crippen molar-refractivity contribution < 1.29 is 9.53 Å². The van der Waals surface area contributed by atoms with E-state index in [0.29, 0.717) is 22.0 Å². The highest BCUT2D eigenvalue weighted by molar-refractivity contribution is 7.80. The Morgan fingerprint density at radius 3 is 2.30 bits per heavy atom. The summed E-state index contributed by atoms with van der Waals surface area (Å²) >= 11 is 29.0. The SMILES string of the molecule is COc1ccccc1NC(=S)NC(NC(=O)c1ccc(Cl)cc1)C(Cl)(Cl)Cl. The van der Waals surface area contributed by atoms with Crippen molar-refractivity contribution in [3.05, 3.63) is 59.1 Å². The first-order valence-electron chi connectivity index (χ1n) is 7.54. The van der Waals surface area contributed by atoms with Crippen LogP contribution in [0.2, 0.25) is 5.02 Å². The molecule has 2 rings (SSSR count). The van der Waals surface area contributed by atoms with Gasteiger partial charge in [0.15, 0.2) is 5.11 Å². The average Bonchev–Trinajstić information content (AvgIpc) is 2.61. The Balaban J connectivity index is 2.09. The summed E-state index contributed by atoms with van der Waals surface area (Å²) in [5.74, 6) is 0.118. The van der Waals surface area contributed by atoms with E-state index in [1.807, 2.05) is 12.1 Å². The van der Waals surface area contributed by atoms with Crippen LogP contribution in [0, 0.1) is 0 Å². The van der Waals surface area contributed by atoms with Crippen molar-refractivity contribution in [3.63, 3.8) is 0 Å². The normalized spacial score (nSPS) is 12.0. The van der Waals surface area contributed by atoms with Crippen LogP contribution in [-0.4, -0.2) is 28.1 Å². The van der Waals surface area contributed by atoms with E-state index in [1.165, 1.54) is 7.11 Å². The molecule has 3 N–H and O–H groups in total. The minimum Gasteiger partial charge on any atom is -0.495 e. The number of carbonyl (C=O) groups is 1. The molecule has 0 aromatic heterocycles. The van der Waals surface area contributed by atoms with E-state index in [2.05, 4.69) is 16.0 Å². The van der Waals surface area contributed by atoms with Crippen LogP contribution in [0.4, 0.5) is 5.69 Å². The number of para-hydroxylation sites is 2. The molecule has 0 saturated carbocycles. The fraction of sp³-hybridized carbons (Fsp3) is 0.176. The molecule has 2 aromatic carbocycles. The zero-order valence-electron chi connectivity index (χ0n) is 13.9. The van der Waals surface area contributed by atoms with Crippen LogP contribution in [-0.2, 0) is 0 Å².